The first kappa shape index (κ1) is 11.6. The Morgan fingerprint density at radius 3 is 2.47 bits per heavy atom. The average molecular weight is 245 g/mol. The van der Waals surface area contributed by atoms with Crippen LogP contribution in [0.2, 0.25) is 10.0 Å². The molecule has 78 valence electrons. The minimum atomic E-state index is -0.658. The highest BCUT2D eigenvalue weighted by molar-refractivity contribution is 6.39. The van der Waals surface area contributed by atoms with Gasteiger partial charge in [-0.1, -0.05) is 23.2 Å². The van der Waals surface area contributed by atoms with Gasteiger partial charge in [0.15, 0.2) is 0 Å². The summed E-state index contributed by atoms with van der Waals surface area (Å²) in [5.41, 5.74) is 5.86. The molecule has 1 aromatic rings. The van der Waals surface area contributed by atoms with Gasteiger partial charge in [0, 0.05) is 0 Å². The highest BCUT2D eigenvalue weighted by atomic mass is 35.5. The topological polar surface area (TPSA) is 56.7 Å². The molecular weight excluding hydrogens is 239 g/mol. The Kier molecular flexibility index (Phi) is 3.78. The molecule has 0 unspecified atom stereocenters. The van der Waals surface area contributed by atoms with Gasteiger partial charge in [-0.05, 0) is 12.1 Å². The lowest BCUT2D eigenvalue weighted by atomic mass is 10.2. The van der Waals surface area contributed by atoms with Crippen molar-refractivity contribution in [2.75, 3.05) is 12.5 Å². The number of rotatable bonds is 2. The van der Waals surface area contributed by atoms with Crippen molar-refractivity contribution in [1.82, 2.24) is 0 Å². The van der Waals surface area contributed by atoms with E-state index in [1.807, 2.05) is 0 Å². The molecule has 0 spiro atoms. The monoisotopic (exact) mass is 244 g/mol. The maximum absolute atomic E-state index is 11.3. The number of hydrogen-bond acceptors (Lipinski definition) is 3. The number of benzene rings is 1. The summed E-state index contributed by atoms with van der Waals surface area (Å²) in [6.45, 7) is 6.12. The predicted octanol–water partition coefficient (Wildman–Crippen LogP) is 2.61. The molecule has 0 bridgehead atoms. The van der Waals surface area contributed by atoms with E-state index in [2.05, 4.69) is 9.58 Å². The molecule has 2 N–H and O–H groups in total. The number of esters is 1. The summed E-state index contributed by atoms with van der Waals surface area (Å²) in [7, 11) is 0. The van der Waals surface area contributed by atoms with Gasteiger partial charge in [-0.25, -0.2) is 11.4 Å². The molecule has 0 amide bonds. The fourth-order valence-electron chi connectivity index (χ4n) is 0.876. The minimum absolute atomic E-state index is 0.169. The Balaban J connectivity index is 2.97. The lowest BCUT2D eigenvalue weighted by Crippen LogP contribution is -2.05. The molecule has 0 aliphatic heterocycles. The minimum Gasteiger partial charge on any atom is -0.396 e. The van der Waals surface area contributed by atoms with Crippen molar-refractivity contribution in [1.29, 1.82) is 0 Å². The number of hydrogen-bond donors (Lipinski definition) is 1. The van der Waals surface area contributed by atoms with Crippen molar-refractivity contribution < 1.29 is 9.53 Å². The Hall–Kier alpha value is -1.44. The maximum Gasteiger partial charge on any atom is 0.359 e. The van der Waals surface area contributed by atoms with Gasteiger partial charge in [0.05, 0.1) is 21.3 Å². The summed E-state index contributed by atoms with van der Waals surface area (Å²) in [4.78, 5) is 14.2. The maximum atomic E-state index is 11.3. The number of nitrogens with two attached hydrogens (primary N) is 1. The molecule has 0 aliphatic rings. The molecule has 0 saturated heterocycles. The van der Waals surface area contributed by atoms with E-state index < -0.39 is 5.97 Å². The van der Waals surface area contributed by atoms with E-state index in [9.17, 15) is 4.79 Å². The first-order valence-corrected chi connectivity index (χ1v) is 4.56. The largest absolute Gasteiger partial charge is 0.396 e. The van der Waals surface area contributed by atoms with Crippen LogP contribution in [0.4, 0.5) is 5.69 Å². The van der Waals surface area contributed by atoms with Gasteiger partial charge in [0.2, 0.25) is 0 Å². The first-order valence-electron chi connectivity index (χ1n) is 3.81. The van der Waals surface area contributed by atoms with Crippen LogP contribution in [-0.2, 0) is 4.74 Å². The normalized spacial score (nSPS) is 9.40. The predicted molar refractivity (Wildman–Crippen MR) is 57.8 cm³/mol. The number of ether oxygens (including phenoxy) is 1. The van der Waals surface area contributed by atoms with Crippen molar-refractivity contribution >= 4 is 34.9 Å². The van der Waals surface area contributed by atoms with Crippen molar-refractivity contribution in [3.8, 4) is 0 Å². The molecular formula is C9H6Cl2N2O2. The van der Waals surface area contributed by atoms with Crippen LogP contribution in [0.5, 0.6) is 0 Å². The molecule has 4 nitrogen and oxygen atoms in total. The van der Waals surface area contributed by atoms with Crippen LogP contribution in [-0.4, -0.2) is 12.7 Å². The summed E-state index contributed by atoms with van der Waals surface area (Å²) >= 11 is 11.4. The first-order chi connectivity index (χ1) is 7.06. The SMILES string of the molecule is [C-]#[N+]COC(=O)c1cc(Cl)c(N)c(Cl)c1. The third-order valence-corrected chi connectivity index (χ3v) is 2.20. The van der Waals surface area contributed by atoms with Crippen LogP contribution in [0, 0.1) is 6.57 Å². The van der Waals surface area contributed by atoms with Crippen LogP contribution in [0.3, 0.4) is 0 Å². The smallest absolute Gasteiger partial charge is 0.359 e. The lowest BCUT2D eigenvalue weighted by molar-refractivity contribution is 0.0547. The van der Waals surface area contributed by atoms with E-state index in [4.69, 9.17) is 35.5 Å². The number of halogens is 2. The van der Waals surface area contributed by atoms with Gasteiger partial charge in [0.1, 0.15) is 0 Å². The van der Waals surface area contributed by atoms with Gasteiger partial charge < -0.3 is 10.5 Å². The highest BCUT2D eigenvalue weighted by Gasteiger charge is 2.12. The average Bonchev–Trinajstić information content (AvgIpc) is 2.21. The summed E-state index contributed by atoms with van der Waals surface area (Å²) in [6, 6.07) is 2.68. The molecule has 0 saturated carbocycles. The van der Waals surface area contributed by atoms with Gasteiger partial charge in [-0.2, -0.15) is 0 Å². The number of nitrogen functional groups attached to an aromatic ring is 1. The molecule has 0 aliphatic carbocycles. The Labute approximate surface area is 96.4 Å². The van der Waals surface area contributed by atoms with E-state index in [1.54, 1.807) is 0 Å². The van der Waals surface area contributed by atoms with Gasteiger partial charge in [-0.3, -0.25) is 4.85 Å². The van der Waals surface area contributed by atoms with Gasteiger partial charge in [0.25, 0.3) is 0 Å². The molecule has 1 aromatic carbocycles. The third-order valence-electron chi connectivity index (χ3n) is 1.57. The van der Waals surface area contributed by atoms with Crippen LogP contribution >= 0.6 is 23.2 Å². The van der Waals surface area contributed by atoms with Crippen molar-refractivity contribution in [2.24, 2.45) is 0 Å². The van der Waals surface area contributed by atoms with Crippen LogP contribution in [0.1, 0.15) is 10.4 Å². The zero-order valence-corrected chi connectivity index (χ0v) is 8.97. The lowest BCUT2D eigenvalue weighted by Gasteiger charge is -2.04. The van der Waals surface area contributed by atoms with Gasteiger partial charge >= 0.3 is 12.7 Å². The second-order valence-corrected chi connectivity index (χ2v) is 3.39. The van der Waals surface area contributed by atoms with Crippen molar-refractivity contribution in [2.45, 2.75) is 0 Å². The van der Waals surface area contributed by atoms with E-state index in [0.29, 0.717) is 0 Å². The second-order valence-electron chi connectivity index (χ2n) is 2.57. The van der Waals surface area contributed by atoms with Gasteiger partial charge in [-0.15, -0.1) is 0 Å². The molecule has 0 heterocycles. The standard InChI is InChI=1S/C9H6Cl2N2O2/c1-13-4-15-9(14)5-2-6(10)8(12)7(11)3-5/h2-3H,4,12H2. The quantitative estimate of drug-likeness (QED) is 0.495. The Morgan fingerprint density at radius 1 is 1.47 bits per heavy atom. The molecule has 0 atom stereocenters. The number of carbonyl (C=O) groups excluding carboxylic acids is 1. The summed E-state index contributed by atoms with van der Waals surface area (Å²) in [5, 5.41) is 0.356. The third kappa shape index (κ3) is 2.75. The van der Waals surface area contributed by atoms with Crippen LogP contribution in [0.15, 0.2) is 12.1 Å². The van der Waals surface area contributed by atoms with Crippen molar-refractivity contribution in [3.63, 3.8) is 0 Å². The summed E-state index contributed by atoms with van der Waals surface area (Å²) in [5.74, 6) is -0.658. The summed E-state index contributed by atoms with van der Waals surface area (Å²) < 4.78 is 4.58. The fourth-order valence-corrected chi connectivity index (χ4v) is 1.36. The van der Waals surface area contributed by atoms with E-state index in [1.165, 1.54) is 12.1 Å². The number of carbonyl (C=O) groups is 1. The summed E-state index contributed by atoms with van der Waals surface area (Å²) in [6.07, 6.45) is 0. The molecule has 15 heavy (non-hydrogen) atoms. The zero-order valence-electron chi connectivity index (χ0n) is 7.46. The zero-order chi connectivity index (χ0) is 11.4. The van der Waals surface area contributed by atoms with E-state index in [0.717, 1.165) is 0 Å². The molecule has 0 radical (unpaired) electrons. The molecule has 6 heteroatoms. The fraction of sp³-hybridized carbons (Fsp3) is 0.111. The molecule has 0 fully saturated rings. The number of anilines is 1. The van der Waals surface area contributed by atoms with Crippen LogP contribution in [0.25, 0.3) is 4.85 Å². The second kappa shape index (κ2) is 4.87. The molecule has 1 rings (SSSR count). The molecule has 0 aromatic heterocycles. The highest BCUT2D eigenvalue weighted by Crippen LogP contribution is 2.28. The Morgan fingerprint density at radius 2 is 2.00 bits per heavy atom. The van der Waals surface area contributed by atoms with Crippen molar-refractivity contribution in [3.05, 3.63) is 39.2 Å². The van der Waals surface area contributed by atoms with E-state index >= 15 is 0 Å². The van der Waals surface area contributed by atoms with Crippen LogP contribution < -0.4 is 5.73 Å². The Bertz CT molecular complexity index is 417. The van der Waals surface area contributed by atoms with E-state index in [-0.39, 0.29) is 28.0 Å². The number of nitrogens with zero attached hydrogens (tertiary/aromatic N) is 1.